The van der Waals surface area contributed by atoms with Gasteiger partial charge in [0.05, 0.1) is 18.7 Å². The van der Waals surface area contributed by atoms with E-state index >= 15 is 0 Å². The Morgan fingerprint density at radius 3 is 2.68 bits per heavy atom. The van der Waals surface area contributed by atoms with Gasteiger partial charge >= 0.3 is 0 Å². The van der Waals surface area contributed by atoms with Crippen LogP contribution in [0.4, 0.5) is 0 Å². The van der Waals surface area contributed by atoms with Gasteiger partial charge < -0.3 is 10.0 Å². The fourth-order valence-corrected chi connectivity index (χ4v) is 3.15. The van der Waals surface area contributed by atoms with Crippen LogP contribution in [0.2, 0.25) is 0 Å². The molecule has 0 aromatic rings. The first kappa shape index (κ1) is 14.3. The molecule has 1 saturated carbocycles. The van der Waals surface area contributed by atoms with Crippen LogP contribution in [0.15, 0.2) is 0 Å². The zero-order valence-corrected chi connectivity index (χ0v) is 11.6. The number of aliphatic hydroxyl groups excluding tert-OH is 1. The maximum absolute atomic E-state index is 12.3. The van der Waals surface area contributed by atoms with Crippen LogP contribution >= 0.6 is 0 Å². The molecule has 0 aromatic heterocycles. The number of carbonyl (C=O) groups is 1. The summed E-state index contributed by atoms with van der Waals surface area (Å²) in [5.74, 6) is -0.00227. The van der Waals surface area contributed by atoms with Gasteiger partial charge in [-0.1, -0.05) is 19.3 Å². The number of likely N-dealkylation sites (N-methyl/N-ethyl adjacent to an activating group) is 1. The topological polar surface area (TPSA) is 67.6 Å². The molecular formula is C14H23N3O2. The second kappa shape index (κ2) is 5.89. The average molecular weight is 265 g/mol. The van der Waals surface area contributed by atoms with E-state index in [0.29, 0.717) is 13.1 Å². The maximum Gasteiger partial charge on any atom is 0.237 e. The molecule has 2 fully saturated rings. The maximum atomic E-state index is 12.3. The summed E-state index contributed by atoms with van der Waals surface area (Å²) in [6, 6.07) is 2.37. The SMILES string of the molecule is CN(C(=O)CN1CC[C@H](O)C1)C1(C#N)CCCCC1. The molecule has 1 aliphatic carbocycles. The molecule has 0 unspecified atom stereocenters. The summed E-state index contributed by atoms with van der Waals surface area (Å²) in [5.41, 5.74) is -0.603. The Morgan fingerprint density at radius 2 is 2.16 bits per heavy atom. The molecule has 1 N–H and O–H groups in total. The van der Waals surface area contributed by atoms with Gasteiger partial charge in [0, 0.05) is 20.1 Å². The predicted octanol–water partition coefficient (Wildman–Crippen LogP) is 0.738. The van der Waals surface area contributed by atoms with Gasteiger partial charge in [0.25, 0.3) is 0 Å². The molecular weight excluding hydrogens is 242 g/mol. The minimum atomic E-state index is -0.603. The number of β-amino-alcohol motifs (C(OH)–C–C–N with tert-alkyl or cyclic N) is 1. The Bertz CT molecular complexity index is 371. The van der Waals surface area contributed by atoms with Gasteiger partial charge in [-0.15, -0.1) is 0 Å². The Labute approximate surface area is 114 Å². The fourth-order valence-electron chi connectivity index (χ4n) is 3.15. The van der Waals surface area contributed by atoms with Gasteiger partial charge in [0.15, 0.2) is 0 Å². The van der Waals surface area contributed by atoms with E-state index in [0.717, 1.165) is 45.1 Å². The smallest absolute Gasteiger partial charge is 0.237 e. The van der Waals surface area contributed by atoms with Gasteiger partial charge in [0.2, 0.25) is 5.91 Å². The Kier molecular flexibility index (Phi) is 4.43. The molecule has 1 aliphatic heterocycles. The fraction of sp³-hybridized carbons (Fsp3) is 0.857. The second-order valence-electron chi connectivity index (χ2n) is 5.83. The number of rotatable bonds is 3. The minimum Gasteiger partial charge on any atom is -0.392 e. The van der Waals surface area contributed by atoms with E-state index in [4.69, 9.17) is 0 Å². The lowest BCUT2D eigenvalue weighted by molar-refractivity contribution is -0.135. The highest BCUT2D eigenvalue weighted by Crippen LogP contribution is 2.32. The largest absolute Gasteiger partial charge is 0.392 e. The molecule has 1 heterocycles. The molecule has 0 spiro atoms. The summed E-state index contributed by atoms with van der Waals surface area (Å²) < 4.78 is 0. The van der Waals surface area contributed by atoms with Crippen molar-refractivity contribution >= 4 is 5.91 Å². The monoisotopic (exact) mass is 265 g/mol. The molecule has 19 heavy (non-hydrogen) atoms. The van der Waals surface area contributed by atoms with E-state index in [1.54, 1.807) is 11.9 Å². The number of carbonyl (C=O) groups excluding carboxylic acids is 1. The summed E-state index contributed by atoms with van der Waals surface area (Å²) in [6.07, 6.45) is 5.20. The van der Waals surface area contributed by atoms with Crippen molar-refractivity contribution in [1.82, 2.24) is 9.80 Å². The number of likely N-dealkylation sites (tertiary alicyclic amines) is 1. The number of hydrogen-bond donors (Lipinski definition) is 1. The number of amides is 1. The van der Waals surface area contributed by atoms with Gasteiger partial charge in [-0.2, -0.15) is 5.26 Å². The summed E-state index contributed by atoms with van der Waals surface area (Å²) in [7, 11) is 1.75. The molecule has 106 valence electrons. The summed E-state index contributed by atoms with van der Waals surface area (Å²) in [6.45, 7) is 1.65. The van der Waals surface area contributed by atoms with Crippen molar-refractivity contribution in [1.29, 1.82) is 5.26 Å². The first-order valence-corrected chi connectivity index (χ1v) is 7.16. The molecule has 0 radical (unpaired) electrons. The predicted molar refractivity (Wildman–Crippen MR) is 71.3 cm³/mol. The van der Waals surface area contributed by atoms with E-state index in [1.807, 2.05) is 4.90 Å². The van der Waals surface area contributed by atoms with Crippen LogP contribution in [0, 0.1) is 11.3 Å². The Morgan fingerprint density at radius 1 is 1.47 bits per heavy atom. The van der Waals surface area contributed by atoms with Crippen molar-refractivity contribution < 1.29 is 9.90 Å². The van der Waals surface area contributed by atoms with Crippen LogP contribution in [-0.2, 0) is 4.79 Å². The zero-order chi connectivity index (χ0) is 13.9. The quantitative estimate of drug-likeness (QED) is 0.817. The van der Waals surface area contributed by atoms with Crippen LogP contribution in [0.3, 0.4) is 0 Å². The molecule has 2 rings (SSSR count). The van der Waals surface area contributed by atoms with E-state index < -0.39 is 5.54 Å². The Balaban J connectivity index is 1.95. The minimum absolute atomic E-state index is 0.00227. The zero-order valence-electron chi connectivity index (χ0n) is 11.6. The van der Waals surface area contributed by atoms with Crippen molar-refractivity contribution in [3.8, 4) is 6.07 Å². The van der Waals surface area contributed by atoms with E-state index in [2.05, 4.69) is 6.07 Å². The highest BCUT2D eigenvalue weighted by molar-refractivity contribution is 5.79. The number of nitriles is 1. The molecule has 1 amide bonds. The van der Waals surface area contributed by atoms with E-state index in [-0.39, 0.29) is 12.0 Å². The lowest BCUT2D eigenvalue weighted by Crippen LogP contribution is -2.52. The Hall–Kier alpha value is -1.12. The molecule has 1 saturated heterocycles. The number of hydrogen-bond acceptors (Lipinski definition) is 4. The van der Waals surface area contributed by atoms with Crippen LogP contribution < -0.4 is 0 Å². The number of aliphatic hydroxyl groups is 1. The van der Waals surface area contributed by atoms with Crippen LogP contribution in [0.25, 0.3) is 0 Å². The van der Waals surface area contributed by atoms with E-state index in [9.17, 15) is 15.2 Å². The number of nitrogens with zero attached hydrogens (tertiary/aromatic N) is 3. The first-order valence-electron chi connectivity index (χ1n) is 7.16. The summed E-state index contributed by atoms with van der Waals surface area (Å²) >= 11 is 0. The molecule has 5 nitrogen and oxygen atoms in total. The van der Waals surface area contributed by atoms with Crippen molar-refractivity contribution in [3.63, 3.8) is 0 Å². The average Bonchev–Trinajstić information content (AvgIpc) is 2.84. The van der Waals surface area contributed by atoms with Gasteiger partial charge in [-0.05, 0) is 19.3 Å². The van der Waals surface area contributed by atoms with E-state index in [1.165, 1.54) is 0 Å². The molecule has 0 bridgehead atoms. The van der Waals surface area contributed by atoms with Crippen LogP contribution in [-0.4, -0.2) is 59.1 Å². The summed E-state index contributed by atoms with van der Waals surface area (Å²) in [5, 5.41) is 18.9. The normalized spacial score (nSPS) is 26.9. The lowest BCUT2D eigenvalue weighted by Gasteiger charge is -2.39. The second-order valence-corrected chi connectivity index (χ2v) is 5.83. The third kappa shape index (κ3) is 3.07. The highest BCUT2D eigenvalue weighted by atomic mass is 16.3. The molecule has 1 atom stereocenters. The third-order valence-corrected chi connectivity index (χ3v) is 4.51. The van der Waals surface area contributed by atoms with Crippen molar-refractivity contribution in [2.45, 2.75) is 50.2 Å². The van der Waals surface area contributed by atoms with Crippen molar-refractivity contribution in [2.24, 2.45) is 0 Å². The molecule has 0 aromatic carbocycles. The summed E-state index contributed by atoms with van der Waals surface area (Å²) in [4.78, 5) is 15.9. The lowest BCUT2D eigenvalue weighted by atomic mass is 9.81. The molecule has 5 heteroatoms. The van der Waals surface area contributed by atoms with Crippen LogP contribution in [0.5, 0.6) is 0 Å². The van der Waals surface area contributed by atoms with Crippen LogP contribution in [0.1, 0.15) is 38.5 Å². The van der Waals surface area contributed by atoms with Gasteiger partial charge in [-0.3, -0.25) is 9.69 Å². The van der Waals surface area contributed by atoms with Crippen molar-refractivity contribution in [2.75, 3.05) is 26.7 Å². The molecule has 2 aliphatic rings. The standard InChI is InChI=1S/C14H23N3O2/c1-16(14(11-15)6-3-2-4-7-14)13(19)10-17-8-5-12(18)9-17/h12,18H,2-10H2,1H3/t12-/m0/s1. The van der Waals surface area contributed by atoms with Gasteiger partial charge in [0.1, 0.15) is 5.54 Å². The highest BCUT2D eigenvalue weighted by Gasteiger charge is 2.39. The third-order valence-electron chi connectivity index (χ3n) is 4.51. The first-order chi connectivity index (χ1) is 9.07. The van der Waals surface area contributed by atoms with Crippen molar-refractivity contribution in [3.05, 3.63) is 0 Å². The van der Waals surface area contributed by atoms with Gasteiger partial charge in [-0.25, -0.2) is 0 Å².